The number of hydrogen-bond acceptors (Lipinski definition) is 5. The first-order valence-electron chi connectivity index (χ1n) is 7.87. The first-order chi connectivity index (χ1) is 11.4. The molecule has 0 radical (unpaired) electrons. The highest BCUT2D eigenvalue weighted by molar-refractivity contribution is 7.98. The van der Waals surface area contributed by atoms with E-state index in [0.717, 1.165) is 36.9 Å². The molecule has 1 aliphatic rings. The SMILES string of the molecule is c1ccc2c(CSc3nnnn3C[C@@H]3CCCO3)cccc2c1. The number of ether oxygens (including phenoxy) is 1. The van der Waals surface area contributed by atoms with E-state index in [-0.39, 0.29) is 6.10 Å². The monoisotopic (exact) mass is 326 g/mol. The van der Waals surface area contributed by atoms with Crippen LogP contribution in [0.1, 0.15) is 18.4 Å². The van der Waals surface area contributed by atoms with Gasteiger partial charge in [0.15, 0.2) is 0 Å². The Hall–Kier alpha value is -1.92. The predicted molar refractivity (Wildman–Crippen MR) is 90.3 cm³/mol. The second kappa shape index (κ2) is 6.68. The summed E-state index contributed by atoms with van der Waals surface area (Å²) in [4.78, 5) is 0. The highest BCUT2D eigenvalue weighted by Gasteiger charge is 2.19. The molecule has 6 heteroatoms. The summed E-state index contributed by atoms with van der Waals surface area (Å²) >= 11 is 1.68. The molecule has 1 aromatic heterocycles. The maximum atomic E-state index is 5.68. The molecule has 0 spiro atoms. The van der Waals surface area contributed by atoms with Crippen molar-refractivity contribution in [1.82, 2.24) is 20.2 Å². The normalized spacial score (nSPS) is 17.8. The summed E-state index contributed by atoms with van der Waals surface area (Å²) < 4.78 is 7.54. The van der Waals surface area contributed by atoms with Gasteiger partial charge in [-0.2, -0.15) is 0 Å². The van der Waals surface area contributed by atoms with Gasteiger partial charge in [0.2, 0.25) is 5.16 Å². The van der Waals surface area contributed by atoms with Crippen LogP contribution >= 0.6 is 11.8 Å². The van der Waals surface area contributed by atoms with E-state index < -0.39 is 0 Å². The van der Waals surface area contributed by atoms with Gasteiger partial charge in [-0.25, -0.2) is 4.68 Å². The van der Waals surface area contributed by atoms with Crippen LogP contribution in [0.5, 0.6) is 0 Å². The van der Waals surface area contributed by atoms with Crippen LogP contribution in [0.2, 0.25) is 0 Å². The fourth-order valence-corrected chi connectivity index (χ4v) is 3.85. The number of thioether (sulfide) groups is 1. The lowest BCUT2D eigenvalue weighted by Gasteiger charge is -2.10. The molecule has 0 aliphatic carbocycles. The fraction of sp³-hybridized carbons (Fsp3) is 0.353. The van der Waals surface area contributed by atoms with Crippen molar-refractivity contribution >= 4 is 22.5 Å². The van der Waals surface area contributed by atoms with Crippen molar-refractivity contribution < 1.29 is 4.74 Å². The van der Waals surface area contributed by atoms with E-state index in [4.69, 9.17) is 4.74 Å². The molecule has 2 heterocycles. The molecule has 0 bridgehead atoms. The number of hydrogen-bond donors (Lipinski definition) is 0. The summed E-state index contributed by atoms with van der Waals surface area (Å²) in [6.07, 6.45) is 2.47. The third-order valence-electron chi connectivity index (χ3n) is 4.14. The van der Waals surface area contributed by atoms with Crippen LogP contribution in [0.15, 0.2) is 47.6 Å². The molecule has 0 unspecified atom stereocenters. The van der Waals surface area contributed by atoms with Crippen LogP contribution in [0.3, 0.4) is 0 Å². The second-order valence-corrected chi connectivity index (χ2v) is 6.65. The molecular formula is C17H18N4OS. The van der Waals surface area contributed by atoms with Crippen molar-refractivity contribution in [3.05, 3.63) is 48.0 Å². The lowest BCUT2D eigenvalue weighted by atomic mass is 10.1. The van der Waals surface area contributed by atoms with Gasteiger partial charge in [0.05, 0.1) is 12.6 Å². The molecule has 23 heavy (non-hydrogen) atoms. The maximum absolute atomic E-state index is 5.68. The summed E-state index contributed by atoms with van der Waals surface area (Å²) in [5.41, 5.74) is 1.31. The molecule has 0 saturated carbocycles. The van der Waals surface area contributed by atoms with Gasteiger partial charge >= 0.3 is 0 Å². The molecule has 118 valence electrons. The average Bonchev–Trinajstić information content (AvgIpc) is 3.25. The summed E-state index contributed by atoms with van der Waals surface area (Å²) in [6.45, 7) is 1.59. The largest absolute Gasteiger partial charge is 0.376 e. The topological polar surface area (TPSA) is 52.8 Å². The number of tetrazole rings is 1. The number of rotatable bonds is 5. The predicted octanol–water partition coefficient (Wildman–Crippen LogP) is 3.30. The molecule has 2 aromatic carbocycles. The Morgan fingerprint density at radius 1 is 1.17 bits per heavy atom. The Labute approximate surface area is 139 Å². The lowest BCUT2D eigenvalue weighted by Crippen LogP contribution is -2.16. The zero-order chi connectivity index (χ0) is 15.5. The summed E-state index contributed by atoms with van der Waals surface area (Å²) in [5.74, 6) is 0.854. The molecular weight excluding hydrogens is 308 g/mol. The van der Waals surface area contributed by atoms with Crippen LogP contribution < -0.4 is 0 Å². The van der Waals surface area contributed by atoms with Crippen LogP contribution in [0.4, 0.5) is 0 Å². The van der Waals surface area contributed by atoms with Gasteiger partial charge in [-0.05, 0) is 39.6 Å². The van der Waals surface area contributed by atoms with Crippen molar-refractivity contribution in [2.24, 2.45) is 0 Å². The minimum atomic E-state index is 0.246. The van der Waals surface area contributed by atoms with Crippen LogP contribution in [-0.4, -0.2) is 32.9 Å². The molecule has 1 saturated heterocycles. The van der Waals surface area contributed by atoms with Crippen molar-refractivity contribution in [2.45, 2.75) is 36.4 Å². The summed E-state index contributed by atoms with van der Waals surface area (Å²) in [7, 11) is 0. The van der Waals surface area contributed by atoms with Gasteiger partial charge in [-0.15, -0.1) is 5.10 Å². The molecule has 0 N–H and O–H groups in total. The maximum Gasteiger partial charge on any atom is 0.209 e. The van der Waals surface area contributed by atoms with Crippen LogP contribution in [0, 0.1) is 0 Å². The smallest absolute Gasteiger partial charge is 0.209 e. The Balaban J connectivity index is 1.49. The zero-order valence-electron chi connectivity index (χ0n) is 12.8. The molecule has 3 aromatic rings. The first kappa shape index (κ1) is 14.7. The van der Waals surface area contributed by atoms with E-state index in [9.17, 15) is 0 Å². The van der Waals surface area contributed by atoms with E-state index in [0.29, 0.717) is 0 Å². The molecule has 4 rings (SSSR count). The van der Waals surface area contributed by atoms with E-state index in [2.05, 4.69) is 58.0 Å². The third kappa shape index (κ3) is 3.23. The minimum Gasteiger partial charge on any atom is -0.376 e. The highest BCUT2D eigenvalue weighted by atomic mass is 32.2. The van der Waals surface area contributed by atoms with E-state index >= 15 is 0 Å². The molecule has 0 amide bonds. The number of benzene rings is 2. The van der Waals surface area contributed by atoms with Gasteiger partial charge in [0, 0.05) is 12.4 Å². The Bertz CT molecular complexity index is 793. The van der Waals surface area contributed by atoms with Crippen LogP contribution in [-0.2, 0) is 17.0 Å². The molecule has 1 fully saturated rings. The highest BCUT2D eigenvalue weighted by Crippen LogP contribution is 2.26. The lowest BCUT2D eigenvalue weighted by molar-refractivity contribution is 0.0912. The second-order valence-electron chi connectivity index (χ2n) is 5.71. The Kier molecular flexibility index (Phi) is 4.26. The van der Waals surface area contributed by atoms with Crippen molar-refractivity contribution in [2.75, 3.05) is 6.61 Å². The molecule has 1 aliphatic heterocycles. The fourth-order valence-electron chi connectivity index (χ4n) is 2.96. The molecule has 5 nitrogen and oxygen atoms in total. The van der Waals surface area contributed by atoms with Gasteiger partial charge in [0.25, 0.3) is 0 Å². The first-order valence-corrected chi connectivity index (χ1v) is 8.86. The summed E-state index contributed by atoms with van der Waals surface area (Å²) in [5, 5.41) is 15.5. The van der Waals surface area contributed by atoms with Gasteiger partial charge in [-0.1, -0.05) is 54.2 Å². The number of aromatic nitrogens is 4. The summed E-state index contributed by atoms with van der Waals surface area (Å²) in [6, 6.07) is 14.9. The van der Waals surface area contributed by atoms with Crippen molar-refractivity contribution in [3.8, 4) is 0 Å². The standard InChI is InChI=1S/C17H18N4OS/c1-2-9-16-13(5-1)6-3-7-14(16)12-23-17-18-19-20-21(17)11-15-8-4-10-22-15/h1-3,5-7,9,15H,4,8,10-12H2/t15-/m0/s1. The number of nitrogens with zero attached hydrogens (tertiary/aromatic N) is 4. The zero-order valence-corrected chi connectivity index (χ0v) is 13.6. The van der Waals surface area contributed by atoms with Gasteiger partial charge in [-0.3, -0.25) is 0 Å². The molecule has 1 atom stereocenters. The van der Waals surface area contributed by atoms with Gasteiger partial charge in [0.1, 0.15) is 0 Å². The van der Waals surface area contributed by atoms with E-state index in [1.807, 2.05) is 4.68 Å². The third-order valence-corrected chi connectivity index (χ3v) is 5.14. The van der Waals surface area contributed by atoms with Crippen LogP contribution in [0.25, 0.3) is 10.8 Å². The van der Waals surface area contributed by atoms with Gasteiger partial charge < -0.3 is 4.74 Å². The van der Waals surface area contributed by atoms with Crippen molar-refractivity contribution in [3.63, 3.8) is 0 Å². The van der Waals surface area contributed by atoms with Crippen molar-refractivity contribution in [1.29, 1.82) is 0 Å². The van der Waals surface area contributed by atoms with E-state index in [1.165, 1.54) is 16.3 Å². The average molecular weight is 326 g/mol. The Morgan fingerprint density at radius 2 is 2.09 bits per heavy atom. The van der Waals surface area contributed by atoms with E-state index in [1.54, 1.807) is 11.8 Å². The number of fused-ring (bicyclic) bond motifs is 1. The Morgan fingerprint density at radius 3 is 3.00 bits per heavy atom. The quantitative estimate of drug-likeness (QED) is 0.673. The minimum absolute atomic E-state index is 0.246.